The van der Waals surface area contributed by atoms with Crippen molar-refractivity contribution in [2.24, 2.45) is 5.92 Å². The molecule has 5 heteroatoms. The molecule has 0 aromatic heterocycles. The first kappa shape index (κ1) is 18.5. The molecule has 2 aromatic rings. The molecule has 0 radical (unpaired) electrons. The number of anilines is 2. The second kappa shape index (κ2) is 8.44. The van der Waals surface area contributed by atoms with E-state index in [1.165, 1.54) is 25.1 Å². The van der Waals surface area contributed by atoms with E-state index >= 15 is 0 Å². The second-order valence-corrected chi connectivity index (χ2v) is 8.55. The number of amides is 1. The van der Waals surface area contributed by atoms with E-state index in [1.807, 2.05) is 36.4 Å². The lowest BCUT2D eigenvalue weighted by atomic mass is 10.1. The van der Waals surface area contributed by atoms with Crippen LogP contribution in [0.25, 0.3) is 0 Å². The van der Waals surface area contributed by atoms with Crippen LogP contribution in [0.4, 0.5) is 11.4 Å². The zero-order valence-electron chi connectivity index (χ0n) is 15.5. The Morgan fingerprint density at radius 1 is 1.04 bits per heavy atom. The minimum absolute atomic E-state index is 0.0173. The molecule has 1 saturated carbocycles. The molecule has 0 atom stereocenters. The molecule has 1 N–H and O–H groups in total. The Balaban J connectivity index is 1.32. The van der Waals surface area contributed by atoms with Gasteiger partial charge >= 0.3 is 0 Å². The predicted molar refractivity (Wildman–Crippen MR) is 114 cm³/mol. The Kier molecular flexibility index (Phi) is 5.79. The van der Waals surface area contributed by atoms with Gasteiger partial charge in [-0.2, -0.15) is 0 Å². The average molecular weight is 428 g/mol. The molecule has 4 nitrogen and oxygen atoms in total. The summed E-state index contributed by atoms with van der Waals surface area (Å²) in [6, 6.07) is 16.1. The molecular weight excluding hydrogens is 402 g/mol. The fraction of sp³-hybridized carbons (Fsp3) is 0.409. The molecule has 0 spiro atoms. The third-order valence-electron chi connectivity index (χ3n) is 5.36. The average Bonchev–Trinajstić information content (AvgIpc) is 3.48. The Bertz CT molecular complexity index is 780. The van der Waals surface area contributed by atoms with Crippen LogP contribution < -0.4 is 10.2 Å². The van der Waals surface area contributed by atoms with Gasteiger partial charge in [0.05, 0.1) is 6.42 Å². The number of halogens is 1. The summed E-state index contributed by atoms with van der Waals surface area (Å²) in [7, 11) is 0. The van der Waals surface area contributed by atoms with Crippen molar-refractivity contribution in [1.82, 2.24) is 4.90 Å². The van der Waals surface area contributed by atoms with Gasteiger partial charge in [0.25, 0.3) is 0 Å². The quantitative estimate of drug-likeness (QED) is 0.751. The zero-order valence-corrected chi connectivity index (χ0v) is 17.1. The van der Waals surface area contributed by atoms with Crippen LogP contribution in [0.15, 0.2) is 53.0 Å². The summed E-state index contributed by atoms with van der Waals surface area (Å²) in [5, 5.41) is 3.04. The summed E-state index contributed by atoms with van der Waals surface area (Å²) >= 11 is 3.42. The first-order chi connectivity index (χ1) is 13.2. The molecule has 142 valence electrons. The summed E-state index contributed by atoms with van der Waals surface area (Å²) in [4.78, 5) is 17.4. The van der Waals surface area contributed by atoms with Crippen LogP contribution in [-0.4, -0.2) is 43.5 Å². The van der Waals surface area contributed by atoms with Crippen molar-refractivity contribution in [2.75, 3.05) is 42.9 Å². The number of piperazine rings is 1. The van der Waals surface area contributed by atoms with Crippen LogP contribution in [0.2, 0.25) is 0 Å². The molecular formula is C22H26BrN3O. The monoisotopic (exact) mass is 427 g/mol. The third kappa shape index (κ3) is 5.33. The van der Waals surface area contributed by atoms with Crippen LogP contribution in [0.3, 0.4) is 0 Å². The van der Waals surface area contributed by atoms with Crippen LogP contribution in [-0.2, 0) is 11.2 Å². The van der Waals surface area contributed by atoms with E-state index in [0.717, 1.165) is 47.8 Å². The maximum atomic E-state index is 12.4. The van der Waals surface area contributed by atoms with E-state index in [2.05, 4.69) is 43.2 Å². The minimum atomic E-state index is 0.0173. The van der Waals surface area contributed by atoms with Gasteiger partial charge in [0.2, 0.25) is 5.91 Å². The standard InChI is InChI=1S/C22H26BrN3O/c23-19-8-6-17(7-9-19)14-22(27)24-20-2-1-3-21(15-20)26-12-10-25(11-13-26)16-18-4-5-18/h1-3,6-9,15,18H,4-5,10-14,16H2,(H,24,27). The highest BCUT2D eigenvalue weighted by Gasteiger charge is 2.26. The maximum absolute atomic E-state index is 12.4. The Morgan fingerprint density at radius 2 is 1.78 bits per heavy atom. The normalized spacial score (nSPS) is 17.7. The number of hydrogen-bond acceptors (Lipinski definition) is 3. The lowest BCUT2D eigenvalue weighted by Crippen LogP contribution is -2.47. The van der Waals surface area contributed by atoms with Gasteiger partial charge in [0, 0.05) is 48.6 Å². The van der Waals surface area contributed by atoms with Crippen LogP contribution in [0.5, 0.6) is 0 Å². The van der Waals surface area contributed by atoms with Crippen molar-refractivity contribution in [2.45, 2.75) is 19.3 Å². The Labute approximate surface area is 169 Å². The van der Waals surface area contributed by atoms with E-state index in [-0.39, 0.29) is 5.91 Å². The highest BCUT2D eigenvalue weighted by Crippen LogP contribution is 2.30. The van der Waals surface area contributed by atoms with Gasteiger partial charge in [-0.3, -0.25) is 9.69 Å². The SMILES string of the molecule is O=C(Cc1ccc(Br)cc1)Nc1cccc(N2CCN(CC3CC3)CC2)c1. The summed E-state index contributed by atoms with van der Waals surface area (Å²) in [5.74, 6) is 0.976. The van der Waals surface area contributed by atoms with Crippen molar-refractivity contribution in [3.05, 3.63) is 58.6 Å². The molecule has 0 unspecified atom stereocenters. The number of nitrogens with one attached hydrogen (secondary N) is 1. The Hall–Kier alpha value is -1.85. The molecule has 2 aromatic carbocycles. The van der Waals surface area contributed by atoms with Crippen LogP contribution >= 0.6 is 15.9 Å². The lowest BCUT2D eigenvalue weighted by Gasteiger charge is -2.36. The fourth-order valence-electron chi connectivity index (χ4n) is 3.63. The van der Waals surface area contributed by atoms with Gasteiger partial charge < -0.3 is 10.2 Å². The molecule has 1 aliphatic heterocycles. The molecule has 1 amide bonds. The zero-order chi connectivity index (χ0) is 18.6. The molecule has 2 aliphatic rings. The molecule has 27 heavy (non-hydrogen) atoms. The van der Waals surface area contributed by atoms with Crippen molar-refractivity contribution in [3.63, 3.8) is 0 Å². The number of carbonyl (C=O) groups excluding carboxylic acids is 1. The predicted octanol–water partition coefficient (Wildman–Crippen LogP) is 4.16. The number of rotatable bonds is 6. The first-order valence-electron chi connectivity index (χ1n) is 9.77. The van der Waals surface area contributed by atoms with Gasteiger partial charge in [0.15, 0.2) is 0 Å². The number of nitrogens with zero attached hydrogens (tertiary/aromatic N) is 2. The van der Waals surface area contributed by atoms with Gasteiger partial charge in [-0.05, 0) is 54.7 Å². The van der Waals surface area contributed by atoms with Crippen LogP contribution in [0.1, 0.15) is 18.4 Å². The smallest absolute Gasteiger partial charge is 0.228 e. The molecule has 1 heterocycles. The van der Waals surface area contributed by atoms with Crippen molar-refractivity contribution in [1.29, 1.82) is 0 Å². The van der Waals surface area contributed by atoms with Crippen molar-refractivity contribution in [3.8, 4) is 0 Å². The summed E-state index contributed by atoms with van der Waals surface area (Å²) < 4.78 is 1.02. The van der Waals surface area contributed by atoms with Crippen molar-refractivity contribution < 1.29 is 4.79 Å². The van der Waals surface area contributed by atoms with Crippen LogP contribution in [0, 0.1) is 5.92 Å². The highest BCUT2D eigenvalue weighted by atomic mass is 79.9. The van der Waals surface area contributed by atoms with E-state index in [1.54, 1.807) is 0 Å². The number of benzene rings is 2. The van der Waals surface area contributed by atoms with Gasteiger partial charge in [-0.1, -0.05) is 34.1 Å². The van der Waals surface area contributed by atoms with E-state index in [9.17, 15) is 4.79 Å². The Morgan fingerprint density at radius 3 is 2.48 bits per heavy atom. The number of carbonyl (C=O) groups is 1. The topological polar surface area (TPSA) is 35.6 Å². The van der Waals surface area contributed by atoms with Crippen molar-refractivity contribution >= 4 is 33.2 Å². The van der Waals surface area contributed by atoms with E-state index in [4.69, 9.17) is 0 Å². The van der Waals surface area contributed by atoms with Gasteiger partial charge in [0.1, 0.15) is 0 Å². The molecule has 4 rings (SSSR count). The number of hydrogen-bond donors (Lipinski definition) is 1. The van der Waals surface area contributed by atoms with E-state index < -0.39 is 0 Å². The highest BCUT2D eigenvalue weighted by molar-refractivity contribution is 9.10. The molecule has 2 fully saturated rings. The van der Waals surface area contributed by atoms with Gasteiger partial charge in [-0.15, -0.1) is 0 Å². The van der Waals surface area contributed by atoms with Gasteiger partial charge in [-0.25, -0.2) is 0 Å². The third-order valence-corrected chi connectivity index (χ3v) is 5.89. The molecule has 1 saturated heterocycles. The van der Waals surface area contributed by atoms with E-state index in [0.29, 0.717) is 6.42 Å². The maximum Gasteiger partial charge on any atom is 0.228 e. The largest absolute Gasteiger partial charge is 0.369 e. The second-order valence-electron chi connectivity index (χ2n) is 7.63. The fourth-order valence-corrected chi connectivity index (χ4v) is 3.89. The molecule has 0 bridgehead atoms. The molecule has 1 aliphatic carbocycles. The first-order valence-corrected chi connectivity index (χ1v) is 10.6. The lowest BCUT2D eigenvalue weighted by molar-refractivity contribution is -0.115. The minimum Gasteiger partial charge on any atom is -0.369 e. The summed E-state index contributed by atoms with van der Waals surface area (Å²) in [6.07, 6.45) is 3.22. The summed E-state index contributed by atoms with van der Waals surface area (Å²) in [6.45, 7) is 5.67. The summed E-state index contributed by atoms with van der Waals surface area (Å²) in [5.41, 5.74) is 3.08.